The molecule has 6 nitrogen and oxygen atoms in total. The van der Waals surface area contributed by atoms with Gasteiger partial charge in [0.05, 0.1) is 5.02 Å². The first-order chi connectivity index (χ1) is 19.2. The number of carbonyl (C=O) groups excluding carboxylic acids is 1. The van der Waals surface area contributed by atoms with Crippen LogP contribution in [0.3, 0.4) is 0 Å². The number of nitrogens with zero attached hydrogens (tertiary/aromatic N) is 2. The second kappa shape index (κ2) is 15.8. The molecule has 0 aliphatic rings. The average Bonchev–Trinajstić information content (AvgIpc) is 2.91. The maximum absolute atomic E-state index is 14.0. The highest BCUT2D eigenvalue weighted by molar-refractivity contribution is 6.31. The Kier molecular flexibility index (Phi) is 12.2. The predicted octanol–water partition coefficient (Wildman–Crippen LogP) is 8.29. The molecule has 0 spiro atoms. The highest BCUT2D eigenvalue weighted by Gasteiger charge is 2.16. The molecule has 3 aromatic rings. The van der Waals surface area contributed by atoms with E-state index in [0.717, 1.165) is 49.8 Å². The normalized spacial score (nSPS) is 12.4. The Bertz CT molecular complexity index is 1350. The first kappa shape index (κ1) is 30.9. The molecule has 40 heavy (non-hydrogen) atoms. The van der Waals surface area contributed by atoms with E-state index in [2.05, 4.69) is 27.5 Å². The molecule has 0 aromatic heterocycles. The van der Waals surface area contributed by atoms with Crippen molar-refractivity contribution >= 4 is 52.7 Å². The van der Waals surface area contributed by atoms with Gasteiger partial charge in [-0.2, -0.15) is 4.99 Å². The van der Waals surface area contributed by atoms with Gasteiger partial charge in [0.2, 0.25) is 5.96 Å². The SMILES string of the molecule is CCCCCC/C=N\C(CC(=N)c1ccccc1)N/C(=N\C(=O)c1ccc(Cl)c(F)c1)Nc1cc(F)cc(Cl)c1. The van der Waals surface area contributed by atoms with E-state index in [-0.39, 0.29) is 33.7 Å². The van der Waals surface area contributed by atoms with Crippen molar-refractivity contribution in [3.05, 3.63) is 99.5 Å². The molecule has 3 aromatic carbocycles. The van der Waals surface area contributed by atoms with Gasteiger partial charge in [0.25, 0.3) is 5.91 Å². The third-order valence-electron chi connectivity index (χ3n) is 5.80. The van der Waals surface area contributed by atoms with E-state index in [1.54, 1.807) is 6.21 Å². The number of amides is 1. The van der Waals surface area contributed by atoms with Crippen molar-refractivity contribution < 1.29 is 13.6 Å². The smallest absolute Gasteiger partial charge is 0.280 e. The standard InChI is InChI=1S/C30H31Cl2F2N5O/c1-2-3-4-5-9-14-36-28(19-27(35)20-10-7-6-8-11-20)38-30(37-24-17-22(31)16-23(33)18-24)39-29(40)21-12-13-25(32)26(34)15-21/h6-8,10-18,28,35H,2-5,9,19H2,1H3,(H2,37,38,39,40)/b35-27?,36-14-. The maximum Gasteiger partial charge on any atom is 0.280 e. The van der Waals surface area contributed by atoms with E-state index >= 15 is 0 Å². The van der Waals surface area contributed by atoms with Gasteiger partial charge in [0.1, 0.15) is 17.8 Å². The number of hydrogen-bond donors (Lipinski definition) is 3. The second-order valence-corrected chi connectivity index (χ2v) is 9.91. The largest absolute Gasteiger partial charge is 0.334 e. The number of unbranched alkanes of at least 4 members (excludes halogenated alkanes) is 4. The molecule has 0 heterocycles. The van der Waals surface area contributed by atoms with E-state index < -0.39 is 23.7 Å². The molecule has 10 heteroatoms. The molecule has 1 atom stereocenters. The fourth-order valence-corrected chi connectivity index (χ4v) is 4.11. The van der Waals surface area contributed by atoms with Crippen LogP contribution in [0.25, 0.3) is 0 Å². The molecule has 0 bridgehead atoms. The highest BCUT2D eigenvalue weighted by Crippen LogP contribution is 2.19. The average molecular weight is 587 g/mol. The first-order valence-electron chi connectivity index (χ1n) is 13.0. The van der Waals surface area contributed by atoms with Crippen molar-refractivity contribution in [3.8, 4) is 0 Å². The Balaban J connectivity index is 1.91. The lowest BCUT2D eigenvalue weighted by Crippen LogP contribution is -2.40. The summed E-state index contributed by atoms with van der Waals surface area (Å²) < 4.78 is 28.1. The number of rotatable bonds is 12. The summed E-state index contributed by atoms with van der Waals surface area (Å²) in [5, 5.41) is 14.6. The van der Waals surface area contributed by atoms with E-state index in [9.17, 15) is 13.6 Å². The minimum atomic E-state index is -0.770. The predicted molar refractivity (Wildman–Crippen MR) is 160 cm³/mol. The summed E-state index contributed by atoms with van der Waals surface area (Å²) in [6.07, 6.45) is 6.34. The van der Waals surface area contributed by atoms with Crippen molar-refractivity contribution in [1.29, 1.82) is 5.41 Å². The van der Waals surface area contributed by atoms with Gasteiger partial charge in [-0.05, 0) is 54.8 Å². The fourth-order valence-electron chi connectivity index (χ4n) is 3.77. The van der Waals surface area contributed by atoms with E-state index in [1.807, 2.05) is 30.3 Å². The van der Waals surface area contributed by atoms with Crippen molar-refractivity contribution in [1.82, 2.24) is 5.32 Å². The summed E-state index contributed by atoms with van der Waals surface area (Å²) in [6.45, 7) is 2.14. The van der Waals surface area contributed by atoms with Crippen LogP contribution >= 0.6 is 23.2 Å². The molecule has 0 aliphatic carbocycles. The molecular weight excluding hydrogens is 555 g/mol. The number of aliphatic imine (C=N–C) groups is 2. The molecule has 0 saturated carbocycles. The summed E-state index contributed by atoms with van der Waals surface area (Å²) >= 11 is 11.8. The van der Waals surface area contributed by atoms with Gasteiger partial charge < -0.3 is 16.0 Å². The van der Waals surface area contributed by atoms with Crippen molar-refractivity contribution in [2.45, 2.75) is 51.6 Å². The van der Waals surface area contributed by atoms with E-state index in [1.165, 1.54) is 24.3 Å². The Morgan fingerprint density at radius 1 is 1.00 bits per heavy atom. The van der Waals surface area contributed by atoms with Crippen LogP contribution in [0.5, 0.6) is 0 Å². The molecular formula is C30H31Cl2F2N5O. The molecule has 3 N–H and O–H groups in total. The maximum atomic E-state index is 14.0. The Morgan fingerprint density at radius 3 is 2.48 bits per heavy atom. The zero-order chi connectivity index (χ0) is 28.9. The number of halogens is 4. The van der Waals surface area contributed by atoms with Gasteiger partial charge in [0, 0.05) is 34.6 Å². The van der Waals surface area contributed by atoms with Gasteiger partial charge in [-0.3, -0.25) is 9.79 Å². The van der Waals surface area contributed by atoms with Crippen LogP contribution in [0.1, 0.15) is 61.4 Å². The van der Waals surface area contributed by atoms with Gasteiger partial charge in [0.15, 0.2) is 0 Å². The molecule has 1 amide bonds. The molecule has 0 saturated heterocycles. The number of nitrogens with one attached hydrogen (secondary N) is 3. The minimum Gasteiger partial charge on any atom is -0.334 e. The van der Waals surface area contributed by atoms with Crippen LogP contribution in [0.4, 0.5) is 14.5 Å². The molecule has 1 unspecified atom stereocenters. The summed E-state index contributed by atoms with van der Waals surface area (Å²) in [6, 6.07) is 16.6. The van der Waals surface area contributed by atoms with Gasteiger partial charge in [-0.25, -0.2) is 8.78 Å². The number of benzene rings is 3. The topological polar surface area (TPSA) is 89.7 Å². The van der Waals surface area contributed by atoms with Crippen molar-refractivity contribution in [2.24, 2.45) is 9.98 Å². The molecule has 210 valence electrons. The number of anilines is 1. The molecule has 0 radical (unpaired) electrons. The molecule has 0 aliphatic heterocycles. The van der Waals surface area contributed by atoms with Crippen LogP contribution in [0, 0.1) is 17.0 Å². The lowest BCUT2D eigenvalue weighted by Gasteiger charge is -2.19. The quantitative estimate of drug-likeness (QED) is 0.113. The Hall–Kier alpha value is -3.62. The highest BCUT2D eigenvalue weighted by atomic mass is 35.5. The van der Waals surface area contributed by atoms with Crippen LogP contribution in [0.2, 0.25) is 10.0 Å². The Labute approximate surface area is 243 Å². The third kappa shape index (κ3) is 10.2. The van der Waals surface area contributed by atoms with Gasteiger partial charge in [-0.15, -0.1) is 0 Å². The van der Waals surface area contributed by atoms with Crippen LogP contribution in [-0.2, 0) is 0 Å². The monoisotopic (exact) mass is 585 g/mol. The van der Waals surface area contributed by atoms with Crippen LogP contribution < -0.4 is 10.6 Å². The zero-order valence-corrected chi connectivity index (χ0v) is 23.6. The summed E-state index contributed by atoms with van der Waals surface area (Å²) in [4.78, 5) is 21.7. The third-order valence-corrected chi connectivity index (χ3v) is 6.33. The van der Waals surface area contributed by atoms with Gasteiger partial charge in [-0.1, -0.05) is 79.7 Å². The Morgan fingerprint density at radius 2 is 1.77 bits per heavy atom. The van der Waals surface area contributed by atoms with Crippen LogP contribution in [-0.4, -0.2) is 30.0 Å². The number of guanidine groups is 1. The van der Waals surface area contributed by atoms with Crippen LogP contribution in [0.15, 0.2) is 76.7 Å². The lowest BCUT2D eigenvalue weighted by atomic mass is 10.1. The summed E-state index contributed by atoms with van der Waals surface area (Å²) in [5.74, 6) is -2.19. The summed E-state index contributed by atoms with van der Waals surface area (Å²) in [7, 11) is 0. The molecule has 0 fully saturated rings. The second-order valence-electron chi connectivity index (χ2n) is 9.07. The molecule has 3 rings (SSSR count). The fraction of sp³-hybridized carbons (Fsp3) is 0.267. The van der Waals surface area contributed by atoms with E-state index in [4.69, 9.17) is 28.6 Å². The minimum absolute atomic E-state index is 0.0340. The van der Waals surface area contributed by atoms with E-state index in [0.29, 0.717) is 5.71 Å². The van der Waals surface area contributed by atoms with Gasteiger partial charge >= 0.3 is 0 Å². The summed E-state index contributed by atoms with van der Waals surface area (Å²) in [5.41, 5.74) is 1.24. The zero-order valence-electron chi connectivity index (χ0n) is 22.1. The lowest BCUT2D eigenvalue weighted by molar-refractivity contribution is 0.100. The first-order valence-corrected chi connectivity index (χ1v) is 13.7. The number of hydrogen-bond acceptors (Lipinski definition) is 3. The van der Waals surface area contributed by atoms with Crippen molar-refractivity contribution in [2.75, 3.05) is 5.32 Å². The van der Waals surface area contributed by atoms with Crippen molar-refractivity contribution in [3.63, 3.8) is 0 Å². The number of carbonyl (C=O) groups is 1.